The lowest BCUT2D eigenvalue weighted by molar-refractivity contribution is 0.191. The Labute approximate surface area is 126 Å². The summed E-state index contributed by atoms with van der Waals surface area (Å²) >= 11 is 0. The van der Waals surface area contributed by atoms with Gasteiger partial charge in [0.1, 0.15) is 0 Å². The van der Waals surface area contributed by atoms with Gasteiger partial charge in [-0.1, -0.05) is 5.10 Å². The molecule has 2 heterocycles. The SMILES string of the molecule is CN(C)CC1CC(O)CN1c1nnc(CNC(C)(C)C)o1. The predicted molar refractivity (Wildman–Crippen MR) is 81.2 cm³/mol. The third-order valence-electron chi connectivity index (χ3n) is 3.44. The van der Waals surface area contributed by atoms with Crippen LogP contribution in [0.2, 0.25) is 0 Å². The number of nitrogens with one attached hydrogen (secondary N) is 1. The molecule has 1 aromatic heterocycles. The van der Waals surface area contributed by atoms with E-state index in [-0.39, 0.29) is 17.7 Å². The minimum absolute atomic E-state index is 0.00588. The molecule has 0 radical (unpaired) electrons. The Morgan fingerprint density at radius 3 is 2.71 bits per heavy atom. The third-order valence-corrected chi connectivity index (χ3v) is 3.44. The standard InChI is InChI=1S/C14H27N5O2/c1-14(2,3)15-7-12-16-17-13(21-12)19-9-11(20)6-10(19)8-18(4)5/h10-11,15,20H,6-9H2,1-5H3. The summed E-state index contributed by atoms with van der Waals surface area (Å²) in [6, 6.07) is 0.711. The lowest BCUT2D eigenvalue weighted by atomic mass is 10.1. The van der Waals surface area contributed by atoms with Crippen molar-refractivity contribution in [1.82, 2.24) is 20.4 Å². The average molecular weight is 297 g/mol. The van der Waals surface area contributed by atoms with Gasteiger partial charge < -0.3 is 24.6 Å². The smallest absolute Gasteiger partial charge is 0.318 e. The maximum Gasteiger partial charge on any atom is 0.318 e. The minimum Gasteiger partial charge on any atom is -0.407 e. The van der Waals surface area contributed by atoms with Crippen LogP contribution in [0, 0.1) is 0 Å². The first kappa shape index (κ1) is 16.2. The average Bonchev–Trinajstić information content (AvgIpc) is 2.91. The molecule has 1 fully saturated rings. The van der Waals surface area contributed by atoms with Crippen molar-refractivity contribution in [1.29, 1.82) is 0 Å². The molecule has 1 aliphatic heterocycles. The van der Waals surface area contributed by atoms with Gasteiger partial charge >= 0.3 is 6.01 Å². The fourth-order valence-electron chi connectivity index (χ4n) is 2.49. The van der Waals surface area contributed by atoms with Gasteiger partial charge in [0, 0.05) is 24.7 Å². The van der Waals surface area contributed by atoms with Crippen molar-refractivity contribution in [3.63, 3.8) is 0 Å². The van der Waals surface area contributed by atoms with E-state index in [1.54, 1.807) is 0 Å². The number of likely N-dealkylation sites (N-methyl/N-ethyl adjacent to an activating group) is 1. The summed E-state index contributed by atoms with van der Waals surface area (Å²) in [6.45, 7) is 8.23. The van der Waals surface area contributed by atoms with Crippen LogP contribution in [0.1, 0.15) is 33.1 Å². The number of rotatable bonds is 5. The molecule has 21 heavy (non-hydrogen) atoms. The Balaban J connectivity index is 2.02. The summed E-state index contributed by atoms with van der Waals surface area (Å²) < 4.78 is 5.73. The second-order valence-corrected chi connectivity index (χ2v) is 7.04. The molecule has 0 spiro atoms. The summed E-state index contributed by atoms with van der Waals surface area (Å²) in [5.41, 5.74) is 0.00588. The molecule has 0 bridgehead atoms. The van der Waals surface area contributed by atoms with E-state index in [9.17, 15) is 5.11 Å². The quantitative estimate of drug-likeness (QED) is 0.817. The summed E-state index contributed by atoms with van der Waals surface area (Å²) in [4.78, 5) is 4.12. The monoisotopic (exact) mass is 297 g/mol. The second-order valence-electron chi connectivity index (χ2n) is 7.04. The fraction of sp³-hybridized carbons (Fsp3) is 0.857. The van der Waals surface area contributed by atoms with E-state index in [4.69, 9.17) is 4.42 Å². The molecule has 2 unspecified atom stereocenters. The Morgan fingerprint density at radius 1 is 1.38 bits per heavy atom. The largest absolute Gasteiger partial charge is 0.407 e. The van der Waals surface area contributed by atoms with Crippen LogP contribution >= 0.6 is 0 Å². The van der Waals surface area contributed by atoms with Crippen LogP contribution in [0.3, 0.4) is 0 Å². The molecule has 120 valence electrons. The van der Waals surface area contributed by atoms with Gasteiger partial charge in [0.15, 0.2) is 0 Å². The van der Waals surface area contributed by atoms with Crippen molar-refractivity contribution >= 4 is 6.01 Å². The normalized spacial score (nSPS) is 23.3. The maximum absolute atomic E-state index is 9.90. The van der Waals surface area contributed by atoms with Crippen molar-refractivity contribution in [3.05, 3.63) is 5.89 Å². The van der Waals surface area contributed by atoms with Crippen LogP contribution in [0.25, 0.3) is 0 Å². The van der Waals surface area contributed by atoms with Crippen LogP contribution < -0.4 is 10.2 Å². The molecular formula is C14H27N5O2. The number of aromatic nitrogens is 2. The van der Waals surface area contributed by atoms with E-state index >= 15 is 0 Å². The molecule has 2 atom stereocenters. The first-order chi connectivity index (χ1) is 9.74. The molecule has 0 amide bonds. The van der Waals surface area contributed by atoms with E-state index < -0.39 is 0 Å². The van der Waals surface area contributed by atoms with Crippen LogP contribution in [0.15, 0.2) is 4.42 Å². The summed E-state index contributed by atoms with van der Waals surface area (Å²) in [5, 5.41) is 21.4. The summed E-state index contributed by atoms with van der Waals surface area (Å²) in [5.74, 6) is 0.574. The molecule has 2 rings (SSSR count). The van der Waals surface area contributed by atoms with Gasteiger partial charge in [-0.3, -0.25) is 0 Å². The number of hydrogen-bond acceptors (Lipinski definition) is 7. The van der Waals surface area contributed by atoms with E-state index in [1.165, 1.54) is 0 Å². The topological polar surface area (TPSA) is 77.7 Å². The second kappa shape index (κ2) is 6.29. The molecule has 7 nitrogen and oxygen atoms in total. The van der Waals surface area contributed by atoms with Gasteiger partial charge in [0.2, 0.25) is 5.89 Å². The number of hydrogen-bond donors (Lipinski definition) is 2. The Kier molecular flexibility index (Phi) is 4.85. The van der Waals surface area contributed by atoms with Gasteiger partial charge in [0.25, 0.3) is 0 Å². The zero-order valence-electron chi connectivity index (χ0n) is 13.6. The minimum atomic E-state index is -0.335. The zero-order valence-corrected chi connectivity index (χ0v) is 13.6. The van der Waals surface area contributed by atoms with Crippen molar-refractivity contribution < 1.29 is 9.52 Å². The van der Waals surface area contributed by atoms with Crippen molar-refractivity contribution in [2.45, 2.75) is 51.4 Å². The van der Waals surface area contributed by atoms with E-state index in [0.29, 0.717) is 25.0 Å². The highest BCUT2D eigenvalue weighted by atomic mass is 16.4. The number of aliphatic hydroxyl groups is 1. The number of β-amino-alcohol motifs (C(OH)–C–C–N with tert-alkyl or cyclic N) is 1. The summed E-state index contributed by atoms with van der Waals surface area (Å²) in [7, 11) is 4.05. The van der Waals surface area contributed by atoms with Gasteiger partial charge in [-0.25, -0.2) is 0 Å². The van der Waals surface area contributed by atoms with Gasteiger partial charge in [0.05, 0.1) is 12.6 Å². The van der Waals surface area contributed by atoms with Crippen molar-refractivity contribution in [3.8, 4) is 0 Å². The van der Waals surface area contributed by atoms with Crippen LogP contribution in [-0.4, -0.2) is 65.1 Å². The molecular weight excluding hydrogens is 270 g/mol. The highest BCUT2D eigenvalue weighted by Crippen LogP contribution is 2.25. The highest BCUT2D eigenvalue weighted by molar-refractivity contribution is 5.30. The first-order valence-corrected chi connectivity index (χ1v) is 7.41. The number of nitrogens with zero attached hydrogens (tertiary/aromatic N) is 4. The van der Waals surface area contributed by atoms with Gasteiger partial charge in [-0.2, -0.15) is 0 Å². The first-order valence-electron chi connectivity index (χ1n) is 7.41. The maximum atomic E-state index is 9.90. The lowest BCUT2D eigenvalue weighted by Crippen LogP contribution is -2.37. The lowest BCUT2D eigenvalue weighted by Gasteiger charge is -2.24. The summed E-state index contributed by atoms with van der Waals surface area (Å²) in [6.07, 6.45) is 0.397. The van der Waals surface area contributed by atoms with E-state index in [2.05, 4.69) is 41.2 Å². The van der Waals surface area contributed by atoms with Crippen molar-refractivity contribution in [2.24, 2.45) is 0 Å². The van der Waals surface area contributed by atoms with E-state index in [1.807, 2.05) is 19.0 Å². The Morgan fingerprint density at radius 2 is 2.10 bits per heavy atom. The molecule has 1 aliphatic rings. The van der Waals surface area contributed by atoms with Gasteiger partial charge in [-0.15, -0.1) is 5.10 Å². The highest BCUT2D eigenvalue weighted by Gasteiger charge is 2.34. The molecule has 1 aromatic rings. The molecule has 1 saturated heterocycles. The molecule has 0 aromatic carbocycles. The number of anilines is 1. The third kappa shape index (κ3) is 4.66. The van der Waals surface area contributed by atoms with Gasteiger partial charge in [-0.05, 0) is 41.3 Å². The number of aliphatic hydroxyl groups excluding tert-OH is 1. The van der Waals surface area contributed by atoms with E-state index in [0.717, 1.165) is 13.0 Å². The molecule has 7 heteroatoms. The fourth-order valence-corrected chi connectivity index (χ4v) is 2.49. The van der Waals surface area contributed by atoms with Crippen molar-refractivity contribution in [2.75, 3.05) is 32.1 Å². The molecule has 0 saturated carbocycles. The molecule has 0 aliphatic carbocycles. The van der Waals surface area contributed by atoms with Crippen LogP contribution in [-0.2, 0) is 6.54 Å². The predicted octanol–water partition coefficient (Wildman–Crippen LogP) is 0.459. The van der Waals surface area contributed by atoms with Crippen LogP contribution in [0.5, 0.6) is 0 Å². The van der Waals surface area contributed by atoms with Crippen LogP contribution in [0.4, 0.5) is 6.01 Å². The Hall–Kier alpha value is -1.18. The molecule has 2 N–H and O–H groups in total. The zero-order chi connectivity index (χ0) is 15.6. The Bertz CT molecular complexity index is 454.